The van der Waals surface area contributed by atoms with Crippen LogP contribution in [0.1, 0.15) is 38.2 Å². The second kappa shape index (κ2) is 5.41. The third kappa shape index (κ3) is 2.75. The van der Waals surface area contributed by atoms with Gasteiger partial charge in [0, 0.05) is 13.1 Å². The fourth-order valence-corrected chi connectivity index (χ4v) is 3.78. The van der Waals surface area contributed by atoms with E-state index >= 15 is 0 Å². The van der Waals surface area contributed by atoms with E-state index < -0.39 is 10.0 Å². The number of rotatable bonds is 3. The van der Waals surface area contributed by atoms with Crippen molar-refractivity contribution >= 4 is 10.0 Å². The molecule has 2 rings (SSSR count). The van der Waals surface area contributed by atoms with Crippen LogP contribution in [0.25, 0.3) is 0 Å². The van der Waals surface area contributed by atoms with Crippen molar-refractivity contribution in [3.8, 4) is 0 Å². The first kappa shape index (κ1) is 13.6. The van der Waals surface area contributed by atoms with Gasteiger partial charge in [0.2, 0.25) is 10.0 Å². The predicted molar refractivity (Wildman–Crippen MR) is 74.0 cm³/mol. The van der Waals surface area contributed by atoms with Crippen LogP contribution in [0.5, 0.6) is 0 Å². The highest BCUT2D eigenvalue weighted by atomic mass is 32.2. The average molecular weight is 267 g/mol. The van der Waals surface area contributed by atoms with E-state index in [-0.39, 0.29) is 5.25 Å². The smallest absolute Gasteiger partial charge is 0.212 e. The molecule has 4 heteroatoms. The Bertz CT molecular complexity index is 474. The van der Waals surface area contributed by atoms with Crippen molar-refractivity contribution in [1.29, 1.82) is 0 Å². The molecule has 0 aliphatic carbocycles. The van der Waals surface area contributed by atoms with Gasteiger partial charge in [-0.05, 0) is 38.2 Å². The number of hydrogen-bond donors (Lipinski definition) is 0. The molecule has 100 valence electrons. The normalized spacial score (nSPS) is 19.3. The SMILES string of the molecule is CC(C)S(=O)(=O)N1CCC(c2ccccc2)CC1. The Morgan fingerprint density at radius 1 is 1.11 bits per heavy atom. The fraction of sp³-hybridized carbons (Fsp3) is 0.571. The van der Waals surface area contributed by atoms with E-state index in [9.17, 15) is 8.42 Å². The molecule has 1 heterocycles. The van der Waals surface area contributed by atoms with Crippen LogP contribution in [-0.2, 0) is 10.0 Å². The lowest BCUT2D eigenvalue weighted by Gasteiger charge is -2.32. The zero-order chi connectivity index (χ0) is 13.2. The molecule has 0 aromatic heterocycles. The Balaban J connectivity index is 2.01. The molecular formula is C14H21NO2S. The van der Waals surface area contributed by atoms with Gasteiger partial charge in [-0.2, -0.15) is 0 Å². The van der Waals surface area contributed by atoms with Crippen LogP contribution in [-0.4, -0.2) is 31.1 Å². The zero-order valence-corrected chi connectivity index (χ0v) is 11.9. The minimum absolute atomic E-state index is 0.314. The van der Waals surface area contributed by atoms with Gasteiger partial charge in [-0.15, -0.1) is 0 Å². The van der Waals surface area contributed by atoms with E-state index in [1.165, 1.54) is 5.56 Å². The van der Waals surface area contributed by atoms with Crippen molar-refractivity contribution in [3.63, 3.8) is 0 Å². The molecule has 0 N–H and O–H groups in total. The van der Waals surface area contributed by atoms with Crippen LogP contribution in [0.2, 0.25) is 0 Å². The van der Waals surface area contributed by atoms with Crippen molar-refractivity contribution in [3.05, 3.63) is 35.9 Å². The van der Waals surface area contributed by atoms with Crippen LogP contribution in [0.4, 0.5) is 0 Å². The summed E-state index contributed by atoms with van der Waals surface area (Å²) < 4.78 is 25.8. The van der Waals surface area contributed by atoms with Gasteiger partial charge in [0.15, 0.2) is 0 Å². The molecular weight excluding hydrogens is 246 g/mol. The third-order valence-corrected chi connectivity index (χ3v) is 5.96. The van der Waals surface area contributed by atoms with E-state index in [0.29, 0.717) is 19.0 Å². The van der Waals surface area contributed by atoms with Gasteiger partial charge in [0.05, 0.1) is 5.25 Å². The highest BCUT2D eigenvalue weighted by Gasteiger charge is 2.30. The summed E-state index contributed by atoms with van der Waals surface area (Å²) in [6.45, 7) is 4.80. The highest BCUT2D eigenvalue weighted by Crippen LogP contribution is 2.29. The molecule has 0 radical (unpaired) electrons. The van der Waals surface area contributed by atoms with Crippen LogP contribution < -0.4 is 0 Å². The van der Waals surface area contributed by atoms with Crippen LogP contribution in [0, 0.1) is 0 Å². The lowest BCUT2D eigenvalue weighted by Crippen LogP contribution is -2.41. The summed E-state index contributed by atoms with van der Waals surface area (Å²) in [5.41, 5.74) is 1.33. The van der Waals surface area contributed by atoms with Crippen molar-refractivity contribution < 1.29 is 8.42 Å². The van der Waals surface area contributed by atoms with E-state index in [2.05, 4.69) is 12.1 Å². The first-order valence-electron chi connectivity index (χ1n) is 6.55. The van der Waals surface area contributed by atoms with E-state index in [1.807, 2.05) is 18.2 Å². The Labute approximate surface area is 110 Å². The number of piperidine rings is 1. The topological polar surface area (TPSA) is 37.4 Å². The molecule has 1 aliphatic heterocycles. The maximum absolute atomic E-state index is 12.1. The van der Waals surface area contributed by atoms with Crippen LogP contribution >= 0.6 is 0 Å². The summed E-state index contributed by atoms with van der Waals surface area (Å²) in [5, 5.41) is -0.314. The molecule has 1 aliphatic rings. The first-order valence-corrected chi connectivity index (χ1v) is 8.06. The molecule has 1 aromatic carbocycles. The van der Waals surface area contributed by atoms with Gasteiger partial charge in [0.1, 0.15) is 0 Å². The molecule has 1 fully saturated rings. The summed E-state index contributed by atoms with van der Waals surface area (Å²) in [4.78, 5) is 0. The lowest BCUT2D eigenvalue weighted by molar-refractivity contribution is 0.317. The van der Waals surface area contributed by atoms with Gasteiger partial charge in [0.25, 0.3) is 0 Å². The third-order valence-electron chi connectivity index (χ3n) is 3.68. The zero-order valence-electron chi connectivity index (χ0n) is 11.0. The van der Waals surface area contributed by atoms with Gasteiger partial charge in [-0.25, -0.2) is 12.7 Å². The Morgan fingerprint density at radius 2 is 1.67 bits per heavy atom. The monoisotopic (exact) mass is 267 g/mol. The molecule has 0 spiro atoms. The quantitative estimate of drug-likeness (QED) is 0.844. The maximum Gasteiger partial charge on any atom is 0.216 e. The maximum atomic E-state index is 12.1. The van der Waals surface area contributed by atoms with Gasteiger partial charge < -0.3 is 0 Å². The largest absolute Gasteiger partial charge is 0.216 e. The minimum Gasteiger partial charge on any atom is -0.212 e. The summed E-state index contributed by atoms with van der Waals surface area (Å²) in [6.07, 6.45) is 1.85. The van der Waals surface area contributed by atoms with E-state index in [4.69, 9.17) is 0 Å². The van der Waals surface area contributed by atoms with E-state index in [0.717, 1.165) is 12.8 Å². The lowest BCUT2D eigenvalue weighted by atomic mass is 9.90. The standard InChI is InChI=1S/C14H21NO2S/c1-12(2)18(16,17)15-10-8-14(9-11-15)13-6-4-3-5-7-13/h3-7,12,14H,8-11H2,1-2H3. The Morgan fingerprint density at radius 3 is 2.17 bits per heavy atom. The molecule has 0 amide bonds. The van der Waals surface area contributed by atoms with Crippen LogP contribution in [0.3, 0.4) is 0 Å². The fourth-order valence-electron chi connectivity index (χ4n) is 2.47. The Hall–Kier alpha value is -0.870. The predicted octanol–water partition coefficient (Wildman–Crippen LogP) is 2.60. The molecule has 0 atom stereocenters. The molecule has 0 saturated carbocycles. The summed E-state index contributed by atoms with van der Waals surface area (Å²) in [6, 6.07) is 10.4. The van der Waals surface area contributed by atoms with Crippen molar-refractivity contribution in [1.82, 2.24) is 4.31 Å². The number of nitrogens with zero attached hydrogens (tertiary/aromatic N) is 1. The van der Waals surface area contributed by atoms with Crippen LogP contribution in [0.15, 0.2) is 30.3 Å². The number of sulfonamides is 1. The average Bonchev–Trinajstić information content (AvgIpc) is 2.40. The second-order valence-corrected chi connectivity index (χ2v) is 7.67. The minimum atomic E-state index is -3.07. The van der Waals surface area contributed by atoms with Gasteiger partial charge in [-0.1, -0.05) is 30.3 Å². The first-order chi connectivity index (χ1) is 8.51. The molecule has 0 unspecified atom stereocenters. The highest BCUT2D eigenvalue weighted by molar-refractivity contribution is 7.89. The van der Waals surface area contributed by atoms with Crippen molar-refractivity contribution in [2.45, 2.75) is 37.9 Å². The van der Waals surface area contributed by atoms with Gasteiger partial charge in [-0.3, -0.25) is 0 Å². The molecule has 3 nitrogen and oxygen atoms in total. The molecule has 0 bridgehead atoms. The van der Waals surface area contributed by atoms with Crippen molar-refractivity contribution in [2.75, 3.05) is 13.1 Å². The van der Waals surface area contributed by atoms with E-state index in [1.54, 1.807) is 18.2 Å². The summed E-state index contributed by atoms with van der Waals surface area (Å²) in [7, 11) is -3.07. The Kier molecular flexibility index (Phi) is 4.07. The second-order valence-electron chi connectivity index (χ2n) is 5.18. The molecule has 1 saturated heterocycles. The summed E-state index contributed by atoms with van der Waals surface area (Å²) >= 11 is 0. The molecule has 1 aromatic rings. The molecule has 18 heavy (non-hydrogen) atoms. The summed E-state index contributed by atoms with van der Waals surface area (Å²) in [5.74, 6) is 0.504. The van der Waals surface area contributed by atoms with Crippen molar-refractivity contribution in [2.24, 2.45) is 0 Å². The number of benzene rings is 1. The van der Waals surface area contributed by atoms with Gasteiger partial charge >= 0.3 is 0 Å². The number of hydrogen-bond acceptors (Lipinski definition) is 2.